The summed E-state index contributed by atoms with van der Waals surface area (Å²) in [5, 5.41) is 3.52. The Hall–Kier alpha value is -0.160. The van der Waals surface area contributed by atoms with Crippen LogP contribution in [0.25, 0.3) is 0 Å². The van der Waals surface area contributed by atoms with Gasteiger partial charge in [0.15, 0.2) is 0 Å². The molecule has 2 heterocycles. The van der Waals surface area contributed by atoms with Crippen molar-refractivity contribution in [3.63, 3.8) is 0 Å². The molecule has 0 aromatic heterocycles. The molecule has 124 valence electrons. The smallest absolute Gasteiger partial charge is 0.0707 e. The van der Waals surface area contributed by atoms with Gasteiger partial charge in [-0.1, -0.05) is 20.8 Å². The summed E-state index contributed by atoms with van der Waals surface area (Å²) in [7, 11) is 4.40. The number of nitrogens with zero attached hydrogens (tertiary/aromatic N) is 2. The molecule has 2 saturated heterocycles. The van der Waals surface area contributed by atoms with Crippen LogP contribution in [0.15, 0.2) is 0 Å². The van der Waals surface area contributed by atoms with Gasteiger partial charge in [-0.15, -0.1) is 0 Å². The van der Waals surface area contributed by atoms with Crippen molar-refractivity contribution >= 4 is 0 Å². The molecule has 2 aliphatic rings. The van der Waals surface area contributed by atoms with Crippen LogP contribution in [0.3, 0.4) is 0 Å². The van der Waals surface area contributed by atoms with E-state index in [0.717, 1.165) is 31.5 Å². The normalized spacial score (nSPS) is 34.4. The Kier molecular flexibility index (Phi) is 6.48. The van der Waals surface area contributed by atoms with Crippen LogP contribution in [-0.4, -0.2) is 74.9 Å². The fourth-order valence-corrected chi connectivity index (χ4v) is 3.75. The molecule has 1 N–H and O–H groups in total. The molecule has 21 heavy (non-hydrogen) atoms. The van der Waals surface area contributed by atoms with Crippen LogP contribution in [0.5, 0.6) is 0 Å². The number of rotatable bonds is 7. The van der Waals surface area contributed by atoms with Gasteiger partial charge in [0, 0.05) is 32.2 Å². The average molecular weight is 297 g/mol. The highest BCUT2D eigenvalue weighted by Crippen LogP contribution is 2.24. The molecule has 0 aromatic rings. The molecule has 0 aliphatic carbocycles. The minimum absolute atomic E-state index is 0.429. The maximum absolute atomic E-state index is 6.22. The summed E-state index contributed by atoms with van der Waals surface area (Å²) in [4.78, 5) is 4.97. The van der Waals surface area contributed by atoms with Gasteiger partial charge >= 0.3 is 0 Å². The standard InChI is InChI=1S/C17H35N3O/c1-13(2)8-18-9-15-6-7-16(21-15)11-20-10-14(3)17(12-20)19(4)5/h13-18H,6-12H2,1-5H3. The molecular formula is C17H35N3O. The van der Waals surface area contributed by atoms with Gasteiger partial charge in [0.1, 0.15) is 0 Å². The van der Waals surface area contributed by atoms with E-state index in [1.54, 1.807) is 0 Å². The Morgan fingerprint density at radius 2 is 1.90 bits per heavy atom. The summed E-state index contributed by atoms with van der Waals surface area (Å²) in [6.45, 7) is 12.5. The van der Waals surface area contributed by atoms with Gasteiger partial charge in [-0.3, -0.25) is 4.90 Å². The van der Waals surface area contributed by atoms with Gasteiger partial charge in [0.05, 0.1) is 12.2 Å². The third kappa shape index (κ3) is 5.20. The molecule has 0 spiro atoms. The zero-order chi connectivity index (χ0) is 15.4. The molecule has 0 aromatic carbocycles. The summed E-state index contributed by atoms with van der Waals surface area (Å²) in [5.74, 6) is 1.49. The van der Waals surface area contributed by atoms with Crippen LogP contribution in [0, 0.1) is 11.8 Å². The molecule has 4 atom stereocenters. The van der Waals surface area contributed by atoms with Crippen molar-refractivity contribution in [2.45, 2.75) is 51.9 Å². The van der Waals surface area contributed by atoms with Crippen molar-refractivity contribution in [1.82, 2.24) is 15.1 Å². The molecule has 4 nitrogen and oxygen atoms in total. The van der Waals surface area contributed by atoms with Crippen LogP contribution in [0.1, 0.15) is 33.6 Å². The quantitative estimate of drug-likeness (QED) is 0.773. The highest BCUT2D eigenvalue weighted by Gasteiger charge is 2.34. The van der Waals surface area contributed by atoms with Crippen molar-refractivity contribution in [3.05, 3.63) is 0 Å². The van der Waals surface area contributed by atoms with E-state index in [1.165, 1.54) is 25.9 Å². The van der Waals surface area contributed by atoms with Crippen molar-refractivity contribution in [1.29, 1.82) is 0 Å². The Labute approximate surface area is 131 Å². The molecule has 4 heteroatoms. The zero-order valence-electron chi connectivity index (χ0n) is 14.6. The van der Waals surface area contributed by atoms with Crippen molar-refractivity contribution in [2.75, 3.05) is 46.8 Å². The average Bonchev–Trinajstić information content (AvgIpc) is 2.96. The number of nitrogens with one attached hydrogen (secondary N) is 1. The summed E-state index contributed by atoms with van der Waals surface area (Å²) in [5.41, 5.74) is 0. The van der Waals surface area contributed by atoms with Crippen LogP contribution in [-0.2, 0) is 4.74 Å². The van der Waals surface area contributed by atoms with Gasteiger partial charge < -0.3 is 15.0 Å². The molecule has 0 radical (unpaired) electrons. The number of ether oxygens (including phenoxy) is 1. The SMILES string of the molecule is CC(C)CNCC1CCC(CN2CC(C)C(N(C)C)C2)O1. The monoisotopic (exact) mass is 297 g/mol. The number of hydrogen-bond donors (Lipinski definition) is 1. The summed E-state index contributed by atoms with van der Waals surface area (Å²) >= 11 is 0. The van der Waals surface area contributed by atoms with Gasteiger partial charge in [-0.2, -0.15) is 0 Å². The van der Waals surface area contributed by atoms with Crippen LogP contribution in [0.4, 0.5) is 0 Å². The van der Waals surface area contributed by atoms with Crippen LogP contribution < -0.4 is 5.32 Å². The fourth-order valence-electron chi connectivity index (χ4n) is 3.75. The van der Waals surface area contributed by atoms with Crippen molar-refractivity contribution in [3.8, 4) is 0 Å². The lowest BCUT2D eigenvalue weighted by atomic mass is 10.1. The number of likely N-dealkylation sites (tertiary alicyclic amines) is 1. The Balaban J connectivity index is 1.66. The van der Waals surface area contributed by atoms with Crippen LogP contribution >= 0.6 is 0 Å². The van der Waals surface area contributed by atoms with Gasteiger partial charge in [-0.05, 0) is 45.3 Å². The molecule has 2 aliphatic heterocycles. The van der Waals surface area contributed by atoms with E-state index in [9.17, 15) is 0 Å². The van der Waals surface area contributed by atoms with Gasteiger partial charge in [0.25, 0.3) is 0 Å². The van der Waals surface area contributed by atoms with E-state index in [0.29, 0.717) is 18.2 Å². The molecule has 2 rings (SSSR count). The second-order valence-electron chi connectivity index (χ2n) is 7.74. The second-order valence-corrected chi connectivity index (χ2v) is 7.74. The first-order chi connectivity index (χ1) is 9.95. The molecular weight excluding hydrogens is 262 g/mol. The van der Waals surface area contributed by atoms with Crippen molar-refractivity contribution < 1.29 is 4.74 Å². The minimum atomic E-state index is 0.429. The first-order valence-electron chi connectivity index (χ1n) is 8.70. The first-order valence-corrected chi connectivity index (χ1v) is 8.70. The van der Waals surface area contributed by atoms with E-state index in [-0.39, 0.29) is 0 Å². The molecule has 0 bridgehead atoms. The Morgan fingerprint density at radius 3 is 2.52 bits per heavy atom. The predicted molar refractivity (Wildman–Crippen MR) is 88.7 cm³/mol. The summed E-state index contributed by atoms with van der Waals surface area (Å²) in [6.07, 6.45) is 3.32. The number of likely N-dealkylation sites (N-methyl/N-ethyl adjacent to an activating group) is 1. The van der Waals surface area contributed by atoms with Crippen LogP contribution in [0.2, 0.25) is 0 Å². The van der Waals surface area contributed by atoms with Gasteiger partial charge in [0.2, 0.25) is 0 Å². The first kappa shape index (κ1) is 17.2. The maximum atomic E-state index is 6.22. The van der Waals surface area contributed by atoms with E-state index < -0.39 is 0 Å². The number of hydrogen-bond acceptors (Lipinski definition) is 4. The van der Waals surface area contributed by atoms with E-state index in [1.807, 2.05) is 0 Å². The summed E-state index contributed by atoms with van der Waals surface area (Å²) < 4.78 is 6.22. The summed E-state index contributed by atoms with van der Waals surface area (Å²) in [6, 6.07) is 0.704. The van der Waals surface area contributed by atoms with E-state index in [4.69, 9.17) is 4.74 Å². The topological polar surface area (TPSA) is 27.7 Å². The molecule has 4 unspecified atom stereocenters. The van der Waals surface area contributed by atoms with Gasteiger partial charge in [-0.25, -0.2) is 0 Å². The highest BCUT2D eigenvalue weighted by molar-refractivity contribution is 4.88. The molecule has 2 fully saturated rings. The Morgan fingerprint density at radius 1 is 1.19 bits per heavy atom. The van der Waals surface area contributed by atoms with E-state index >= 15 is 0 Å². The maximum Gasteiger partial charge on any atom is 0.0707 e. The largest absolute Gasteiger partial charge is 0.372 e. The van der Waals surface area contributed by atoms with E-state index in [2.05, 4.69) is 50.0 Å². The second kappa shape index (κ2) is 7.91. The third-order valence-corrected chi connectivity index (χ3v) is 4.89. The zero-order valence-corrected chi connectivity index (χ0v) is 14.6. The predicted octanol–water partition coefficient (Wildman–Crippen LogP) is 1.66. The lowest BCUT2D eigenvalue weighted by molar-refractivity contribution is 0.0262. The molecule has 0 amide bonds. The highest BCUT2D eigenvalue weighted by atomic mass is 16.5. The lowest BCUT2D eigenvalue weighted by Gasteiger charge is -2.23. The molecule has 0 saturated carbocycles. The third-order valence-electron chi connectivity index (χ3n) is 4.89. The fraction of sp³-hybridized carbons (Fsp3) is 1.00. The Bertz CT molecular complexity index is 308. The van der Waals surface area contributed by atoms with Crippen molar-refractivity contribution in [2.24, 2.45) is 11.8 Å². The minimum Gasteiger partial charge on any atom is -0.372 e. The lowest BCUT2D eigenvalue weighted by Crippen LogP contribution is -2.36.